The third kappa shape index (κ3) is 3.64. The van der Waals surface area contributed by atoms with Gasteiger partial charge in [0.15, 0.2) is 16.6 Å². The standard InChI is InChI=1S/C20H22N2O4S/c1-21-20-22-17(19(27-20)12-6-8-14(23-2)9-7-12)13-10-15(24-3)18(26-5)16(11-13)25-4/h6-11H,1-5H3,(H,21,22). The van der Waals surface area contributed by atoms with E-state index in [-0.39, 0.29) is 0 Å². The molecule has 0 fully saturated rings. The fraction of sp³-hybridized carbons (Fsp3) is 0.250. The van der Waals surface area contributed by atoms with Crippen LogP contribution in [-0.2, 0) is 0 Å². The predicted molar refractivity (Wildman–Crippen MR) is 109 cm³/mol. The highest BCUT2D eigenvalue weighted by molar-refractivity contribution is 7.19. The van der Waals surface area contributed by atoms with Crippen molar-refractivity contribution in [1.29, 1.82) is 0 Å². The van der Waals surface area contributed by atoms with Crippen molar-refractivity contribution in [2.45, 2.75) is 0 Å². The van der Waals surface area contributed by atoms with Gasteiger partial charge in [0.05, 0.1) is 39.0 Å². The molecule has 3 aromatic rings. The first kappa shape index (κ1) is 18.8. The van der Waals surface area contributed by atoms with E-state index in [1.54, 1.807) is 39.8 Å². The zero-order chi connectivity index (χ0) is 19.4. The minimum Gasteiger partial charge on any atom is -0.497 e. The van der Waals surface area contributed by atoms with E-state index in [9.17, 15) is 0 Å². The second-order valence-corrected chi connectivity index (χ2v) is 6.59. The fourth-order valence-corrected chi connectivity index (χ4v) is 3.73. The van der Waals surface area contributed by atoms with Crippen LogP contribution in [0.3, 0.4) is 0 Å². The summed E-state index contributed by atoms with van der Waals surface area (Å²) in [4.78, 5) is 5.79. The van der Waals surface area contributed by atoms with E-state index in [0.29, 0.717) is 17.2 Å². The van der Waals surface area contributed by atoms with Crippen LogP contribution < -0.4 is 24.3 Å². The lowest BCUT2D eigenvalue weighted by Gasteiger charge is -2.14. The largest absolute Gasteiger partial charge is 0.497 e. The maximum absolute atomic E-state index is 5.49. The average Bonchev–Trinajstić information content (AvgIpc) is 3.17. The Morgan fingerprint density at radius 1 is 0.815 bits per heavy atom. The maximum Gasteiger partial charge on any atom is 0.203 e. The molecule has 27 heavy (non-hydrogen) atoms. The molecule has 0 radical (unpaired) electrons. The summed E-state index contributed by atoms with van der Waals surface area (Å²) < 4.78 is 21.7. The normalized spacial score (nSPS) is 10.4. The number of aromatic nitrogens is 1. The summed E-state index contributed by atoms with van der Waals surface area (Å²) in [5.41, 5.74) is 2.78. The van der Waals surface area contributed by atoms with Crippen LogP contribution in [0.25, 0.3) is 21.7 Å². The van der Waals surface area contributed by atoms with Crippen LogP contribution in [-0.4, -0.2) is 40.5 Å². The molecule has 0 aliphatic carbocycles. The van der Waals surface area contributed by atoms with E-state index in [1.807, 2.05) is 43.4 Å². The van der Waals surface area contributed by atoms with E-state index in [4.69, 9.17) is 23.9 Å². The van der Waals surface area contributed by atoms with Gasteiger partial charge in [-0.3, -0.25) is 0 Å². The van der Waals surface area contributed by atoms with Crippen LogP contribution in [0.1, 0.15) is 0 Å². The molecule has 0 saturated carbocycles. The molecule has 3 rings (SSSR count). The van der Waals surface area contributed by atoms with Gasteiger partial charge in [-0.1, -0.05) is 11.3 Å². The van der Waals surface area contributed by atoms with Gasteiger partial charge in [0, 0.05) is 12.6 Å². The van der Waals surface area contributed by atoms with Crippen molar-refractivity contribution in [3.8, 4) is 44.7 Å². The highest BCUT2D eigenvalue weighted by Gasteiger charge is 2.20. The number of nitrogens with zero attached hydrogens (tertiary/aromatic N) is 1. The Bertz CT molecular complexity index is 897. The van der Waals surface area contributed by atoms with E-state index in [0.717, 1.165) is 32.6 Å². The number of nitrogens with one attached hydrogen (secondary N) is 1. The van der Waals surface area contributed by atoms with Crippen LogP contribution in [0.15, 0.2) is 36.4 Å². The molecular formula is C20H22N2O4S. The van der Waals surface area contributed by atoms with E-state index < -0.39 is 0 Å². The molecule has 0 atom stereocenters. The Labute approximate surface area is 162 Å². The number of rotatable bonds is 7. The summed E-state index contributed by atoms with van der Waals surface area (Å²) in [6.45, 7) is 0. The minimum atomic E-state index is 0.554. The van der Waals surface area contributed by atoms with Gasteiger partial charge in [-0.25, -0.2) is 4.98 Å². The van der Waals surface area contributed by atoms with Gasteiger partial charge >= 0.3 is 0 Å². The van der Waals surface area contributed by atoms with E-state index in [1.165, 1.54) is 0 Å². The first-order valence-electron chi connectivity index (χ1n) is 8.28. The first-order chi connectivity index (χ1) is 13.1. The lowest BCUT2D eigenvalue weighted by atomic mass is 10.1. The topological polar surface area (TPSA) is 61.8 Å². The van der Waals surface area contributed by atoms with Crippen LogP contribution in [0.5, 0.6) is 23.0 Å². The number of hydrogen-bond donors (Lipinski definition) is 1. The molecule has 1 aromatic heterocycles. The highest BCUT2D eigenvalue weighted by atomic mass is 32.1. The quantitative estimate of drug-likeness (QED) is 0.643. The van der Waals surface area contributed by atoms with Crippen LogP contribution >= 0.6 is 11.3 Å². The molecule has 2 aromatic carbocycles. The van der Waals surface area contributed by atoms with Crippen molar-refractivity contribution in [1.82, 2.24) is 4.98 Å². The second kappa shape index (κ2) is 8.18. The number of benzene rings is 2. The number of anilines is 1. The molecule has 0 spiro atoms. The highest BCUT2D eigenvalue weighted by Crippen LogP contribution is 2.45. The van der Waals surface area contributed by atoms with Gasteiger partial charge in [0.1, 0.15) is 5.75 Å². The molecule has 0 amide bonds. The Morgan fingerprint density at radius 2 is 1.44 bits per heavy atom. The Hall–Kier alpha value is -2.93. The van der Waals surface area contributed by atoms with Gasteiger partial charge in [0.25, 0.3) is 0 Å². The van der Waals surface area contributed by atoms with E-state index >= 15 is 0 Å². The summed E-state index contributed by atoms with van der Waals surface area (Å²) in [5, 5.41) is 3.95. The fourth-order valence-electron chi connectivity index (χ4n) is 2.78. The van der Waals surface area contributed by atoms with Crippen molar-refractivity contribution in [3.05, 3.63) is 36.4 Å². The molecule has 0 bridgehead atoms. The lowest BCUT2D eigenvalue weighted by molar-refractivity contribution is 0.324. The van der Waals surface area contributed by atoms with Crippen molar-refractivity contribution >= 4 is 16.5 Å². The monoisotopic (exact) mass is 386 g/mol. The van der Waals surface area contributed by atoms with Crippen molar-refractivity contribution in [3.63, 3.8) is 0 Å². The van der Waals surface area contributed by atoms with Gasteiger partial charge < -0.3 is 24.3 Å². The number of thiazole rings is 1. The first-order valence-corrected chi connectivity index (χ1v) is 9.10. The van der Waals surface area contributed by atoms with Crippen LogP contribution in [0, 0.1) is 0 Å². The maximum atomic E-state index is 5.49. The Morgan fingerprint density at radius 3 is 1.93 bits per heavy atom. The molecule has 0 unspecified atom stereocenters. The second-order valence-electron chi connectivity index (χ2n) is 5.59. The van der Waals surface area contributed by atoms with Gasteiger partial charge in [-0.05, 0) is 42.0 Å². The molecular weight excluding hydrogens is 364 g/mol. The third-order valence-electron chi connectivity index (χ3n) is 4.13. The SMILES string of the molecule is CNc1nc(-c2cc(OC)c(OC)c(OC)c2)c(-c2ccc(OC)cc2)s1. The number of hydrogen-bond acceptors (Lipinski definition) is 7. The van der Waals surface area contributed by atoms with Crippen LogP contribution in [0.2, 0.25) is 0 Å². The summed E-state index contributed by atoms with van der Waals surface area (Å²) in [7, 11) is 8.31. The molecule has 0 aliphatic heterocycles. The van der Waals surface area contributed by atoms with Gasteiger partial charge in [-0.15, -0.1) is 0 Å². The molecule has 7 heteroatoms. The van der Waals surface area contributed by atoms with Gasteiger partial charge in [0.2, 0.25) is 5.75 Å². The molecule has 1 heterocycles. The molecule has 0 saturated heterocycles. The Kier molecular flexibility index (Phi) is 5.71. The molecule has 1 N–H and O–H groups in total. The zero-order valence-electron chi connectivity index (χ0n) is 16.0. The van der Waals surface area contributed by atoms with Gasteiger partial charge in [-0.2, -0.15) is 0 Å². The van der Waals surface area contributed by atoms with Crippen molar-refractivity contribution in [2.75, 3.05) is 40.8 Å². The summed E-state index contributed by atoms with van der Waals surface area (Å²) in [5.74, 6) is 2.54. The van der Waals surface area contributed by atoms with Crippen molar-refractivity contribution < 1.29 is 18.9 Å². The minimum absolute atomic E-state index is 0.554. The van der Waals surface area contributed by atoms with Crippen molar-refractivity contribution in [2.24, 2.45) is 0 Å². The third-order valence-corrected chi connectivity index (χ3v) is 5.25. The summed E-state index contributed by atoms with van der Waals surface area (Å²) in [6, 6.07) is 11.7. The number of ether oxygens (including phenoxy) is 4. The summed E-state index contributed by atoms with van der Waals surface area (Å²) >= 11 is 1.58. The molecule has 6 nitrogen and oxygen atoms in total. The molecule has 0 aliphatic rings. The smallest absolute Gasteiger partial charge is 0.203 e. The summed E-state index contributed by atoms with van der Waals surface area (Å²) in [6.07, 6.45) is 0. The van der Waals surface area contributed by atoms with E-state index in [2.05, 4.69) is 5.32 Å². The van der Waals surface area contributed by atoms with Crippen LogP contribution in [0.4, 0.5) is 5.13 Å². The average molecular weight is 386 g/mol. The Balaban J connectivity index is 2.17. The number of methoxy groups -OCH3 is 4. The zero-order valence-corrected chi connectivity index (χ0v) is 16.8. The predicted octanol–water partition coefficient (Wildman–Crippen LogP) is 4.55. The molecule has 142 valence electrons. The lowest BCUT2D eigenvalue weighted by Crippen LogP contribution is -1.96.